The third-order valence-electron chi connectivity index (χ3n) is 9.59. The van der Waals surface area contributed by atoms with Crippen LogP contribution in [0.2, 0.25) is 5.02 Å². The molecule has 48 heavy (non-hydrogen) atoms. The number of ether oxygens (including phenoxy) is 4. The number of esters is 1. The van der Waals surface area contributed by atoms with Crippen molar-refractivity contribution in [3.63, 3.8) is 0 Å². The quantitative estimate of drug-likeness (QED) is 0.183. The molecule has 5 heterocycles. The summed E-state index contributed by atoms with van der Waals surface area (Å²) in [6, 6.07) is 15.6. The molecule has 4 aromatic rings. The van der Waals surface area contributed by atoms with Crippen molar-refractivity contribution in [2.75, 3.05) is 37.7 Å². The van der Waals surface area contributed by atoms with Crippen LogP contribution in [0.3, 0.4) is 0 Å². The predicted octanol–water partition coefficient (Wildman–Crippen LogP) is 6.58. The molecule has 2 aromatic carbocycles. The molecule has 0 radical (unpaired) electrons. The Kier molecular flexibility index (Phi) is 8.00. The van der Waals surface area contributed by atoms with Crippen LogP contribution in [0.4, 0.5) is 5.69 Å². The zero-order valence-corrected chi connectivity index (χ0v) is 28.5. The van der Waals surface area contributed by atoms with Gasteiger partial charge in [-0.1, -0.05) is 17.7 Å². The summed E-state index contributed by atoms with van der Waals surface area (Å²) < 4.78 is 27.1. The number of aromatic nitrogens is 3. The van der Waals surface area contributed by atoms with Crippen molar-refractivity contribution in [3.05, 3.63) is 76.8 Å². The molecule has 11 heteroatoms. The van der Waals surface area contributed by atoms with Gasteiger partial charge in [-0.05, 0) is 88.4 Å². The molecule has 4 aliphatic rings. The highest BCUT2D eigenvalue weighted by Gasteiger charge is 2.49. The number of para-hydroxylation sites is 1. The first-order valence-electron chi connectivity index (χ1n) is 17.1. The van der Waals surface area contributed by atoms with Crippen molar-refractivity contribution in [1.82, 2.24) is 19.4 Å². The third kappa shape index (κ3) is 6.33. The fourth-order valence-corrected chi connectivity index (χ4v) is 6.95. The summed E-state index contributed by atoms with van der Waals surface area (Å²) in [6.45, 7) is 11.2. The molecular formula is C37H42ClN5O5. The van der Waals surface area contributed by atoms with Crippen LogP contribution >= 0.6 is 11.6 Å². The van der Waals surface area contributed by atoms with Gasteiger partial charge in [0.25, 0.3) is 5.79 Å². The Labute approximate surface area is 285 Å². The zero-order valence-electron chi connectivity index (χ0n) is 27.8. The molecule has 2 atom stereocenters. The first-order chi connectivity index (χ1) is 23.1. The average molecular weight is 672 g/mol. The van der Waals surface area contributed by atoms with E-state index < -0.39 is 11.4 Å². The first kappa shape index (κ1) is 31.4. The minimum atomic E-state index is -0.946. The van der Waals surface area contributed by atoms with E-state index in [9.17, 15) is 4.79 Å². The SMILES string of the molecule is CC(C)(C)OC(=O)c1ccc2nc(CN3CCN(c4cccc5c4OC(CC4CC4)(c4ccc(Cl)cn4)O5)CC3)n(C[C@@H]3CCO3)c2c1. The Morgan fingerprint density at radius 2 is 1.85 bits per heavy atom. The van der Waals surface area contributed by atoms with E-state index in [2.05, 4.69) is 25.4 Å². The van der Waals surface area contributed by atoms with Gasteiger partial charge in [0.1, 0.15) is 17.1 Å². The summed E-state index contributed by atoms with van der Waals surface area (Å²) in [7, 11) is 0. The van der Waals surface area contributed by atoms with Gasteiger partial charge in [0.05, 0.1) is 46.5 Å². The Bertz CT molecular complexity index is 1820. The highest BCUT2D eigenvalue weighted by atomic mass is 35.5. The molecule has 2 saturated heterocycles. The highest BCUT2D eigenvalue weighted by Crippen LogP contribution is 2.53. The standard InChI is InChI=1S/C37H42ClN5O5/c1-36(2,3)48-35(44)25-9-11-28-30(19-25)43(22-27-13-18-45-27)33(40-28)23-41-14-16-42(17-15-41)29-5-4-6-31-34(29)47-37(46-31,20-24-7-8-24)32-12-10-26(38)21-39-32/h4-6,9-12,19,21,24,27H,7-8,13-18,20,22-23H2,1-3H3/t27-,37?/m0/s1. The average Bonchev–Trinajstić information content (AvgIpc) is 3.66. The number of anilines is 1. The number of pyridine rings is 1. The molecule has 8 rings (SSSR count). The molecule has 0 amide bonds. The van der Waals surface area contributed by atoms with E-state index in [1.165, 1.54) is 12.8 Å². The number of rotatable bonds is 9. The van der Waals surface area contributed by atoms with Crippen molar-refractivity contribution in [2.45, 2.75) is 77.0 Å². The van der Waals surface area contributed by atoms with Gasteiger partial charge in [-0.15, -0.1) is 0 Å². The Balaban J connectivity index is 0.993. The molecule has 3 fully saturated rings. The van der Waals surface area contributed by atoms with Gasteiger partial charge in [0.2, 0.25) is 0 Å². The largest absolute Gasteiger partial charge is 0.456 e. The summed E-state index contributed by atoms with van der Waals surface area (Å²) in [5.74, 6) is 1.81. The van der Waals surface area contributed by atoms with E-state index in [1.807, 2.05) is 63.2 Å². The van der Waals surface area contributed by atoms with E-state index in [1.54, 1.807) is 6.20 Å². The van der Waals surface area contributed by atoms with Crippen LogP contribution in [0.1, 0.15) is 68.3 Å². The van der Waals surface area contributed by atoms with Gasteiger partial charge in [-0.25, -0.2) is 9.78 Å². The summed E-state index contributed by atoms with van der Waals surface area (Å²) in [5.41, 5.74) is 3.57. The number of hydrogen-bond acceptors (Lipinski definition) is 9. The van der Waals surface area contributed by atoms with Crippen LogP contribution in [0.5, 0.6) is 11.5 Å². The minimum absolute atomic E-state index is 0.153. The second kappa shape index (κ2) is 12.2. The molecule has 252 valence electrons. The summed E-state index contributed by atoms with van der Waals surface area (Å²) >= 11 is 6.18. The Hall–Kier alpha value is -3.86. The molecule has 1 saturated carbocycles. The lowest BCUT2D eigenvalue weighted by Crippen LogP contribution is -2.46. The van der Waals surface area contributed by atoms with Crippen molar-refractivity contribution < 1.29 is 23.7 Å². The number of hydrogen-bond donors (Lipinski definition) is 0. The number of benzene rings is 2. The van der Waals surface area contributed by atoms with Crippen molar-refractivity contribution in [1.29, 1.82) is 0 Å². The predicted molar refractivity (Wildman–Crippen MR) is 183 cm³/mol. The van der Waals surface area contributed by atoms with E-state index in [0.717, 1.165) is 85.4 Å². The molecule has 10 nitrogen and oxygen atoms in total. The summed E-state index contributed by atoms with van der Waals surface area (Å²) in [6.07, 6.45) is 5.96. The van der Waals surface area contributed by atoms with Crippen LogP contribution in [0.25, 0.3) is 11.0 Å². The van der Waals surface area contributed by atoms with Gasteiger partial charge >= 0.3 is 5.97 Å². The second-order valence-electron chi connectivity index (χ2n) is 14.5. The van der Waals surface area contributed by atoms with Gasteiger partial charge < -0.3 is 28.4 Å². The van der Waals surface area contributed by atoms with Crippen molar-refractivity contribution in [3.8, 4) is 11.5 Å². The first-order valence-corrected chi connectivity index (χ1v) is 17.4. The van der Waals surface area contributed by atoms with Gasteiger partial charge in [-0.2, -0.15) is 0 Å². The number of nitrogens with zero attached hydrogens (tertiary/aromatic N) is 5. The number of carbonyl (C=O) groups excluding carboxylic acids is 1. The van der Waals surface area contributed by atoms with Crippen LogP contribution in [0.15, 0.2) is 54.7 Å². The van der Waals surface area contributed by atoms with E-state index in [4.69, 9.17) is 35.5 Å². The van der Waals surface area contributed by atoms with Crippen LogP contribution in [0, 0.1) is 5.92 Å². The number of carbonyl (C=O) groups is 1. The van der Waals surface area contributed by atoms with Crippen LogP contribution in [-0.2, 0) is 28.4 Å². The number of imidazole rings is 1. The van der Waals surface area contributed by atoms with E-state index in [-0.39, 0.29) is 12.1 Å². The normalized spacial score (nSPS) is 22.6. The van der Waals surface area contributed by atoms with Gasteiger partial charge in [0, 0.05) is 45.4 Å². The zero-order chi connectivity index (χ0) is 33.0. The Morgan fingerprint density at radius 1 is 1.04 bits per heavy atom. The summed E-state index contributed by atoms with van der Waals surface area (Å²) in [4.78, 5) is 27.4. The molecule has 2 aromatic heterocycles. The molecule has 1 unspecified atom stereocenters. The maximum Gasteiger partial charge on any atom is 0.338 e. The second-order valence-corrected chi connectivity index (χ2v) is 14.9. The molecule has 0 bridgehead atoms. The monoisotopic (exact) mass is 671 g/mol. The molecular weight excluding hydrogens is 630 g/mol. The van der Waals surface area contributed by atoms with Crippen LogP contribution in [-0.4, -0.2) is 69.9 Å². The van der Waals surface area contributed by atoms with Gasteiger partial charge in [-0.3, -0.25) is 9.88 Å². The third-order valence-corrected chi connectivity index (χ3v) is 9.81. The highest BCUT2D eigenvalue weighted by molar-refractivity contribution is 6.30. The number of fused-ring (bicyclic) bond motifs is 2. The van der Waals surface area contributed by atoms with E-state index >= 15 is 0 Å². The smallest absolute Gasteiger partial charge is 0.338 e. The van der Waals surface area contributed by atoms with Crippen LogP contribution < -0.4 is 14.4 Å². The fourth-order valence-electron chi connectivity index (χ4n) is 6.84. The van der Waals surface area contributed by atoms with Crippen molar-refractivity contribution >= 4 is 34.3 Å². The summed E-state index contributed by atoms with van der Waals surface area (Å²) in [5, 5.41) is 0.590. The minimum Gasteiger partial charge on any atom is -0.456 e. The van der Waals surface area contributed by atoms with Crippen molar-refractivity contribution in [2.24, 2.45) is 5.92 Å². The lowest BCUT2D eigenvalue weighted by molar-refractivity contribution is -0.100. The lowest BCUT2D eigenvalue weighted by Gasteiger charge is -2.36. The topological polar surface area (TPSA) is 91.2 Å². The maximum atomic E-state index is 12.9. The Morgan fingerprint density at radius 3 is 2.54 bits per heavy atom. The maximum absolute atomic E-state index is 12.9. The molecule has 0 N–H and O–H groups in total. The molecule has 3 aliphatic heterocycles. The lowest BCUT2D eigenvalue weighted by atomic mass is 10.0. The van der Waals surface area contributed by atoms with Gasteiger partial charge in [0.15, 0.2) is 11.5 Å². The number of halogens is 1. The fraction of sp³-hybridized carbons (Fsp3) is 0.486. The molecule has 0 spiro atoms. The number of piperazine rings is 1. The van der Waals surface area contributed by atoms with E-state index in [0.29, 0.717) is 29.6 Å². The molecule has 1 aliphatic carbocycles.